The molecule has 0 spiro atoms. The predicted octanol–water partition coefficient (Wildman–Crippen LogP) is 2.16. The Bertz CT molecular complexity index is 642. The summed E-state index contributed by atoms with van der Waals surface area (Å²) >= 11 is 0. The zero-order valence-corrected chi connectivity index (χ0v) is 11.4. The molecule has 19 heavy (non-hydrogen) atoms. The van der Waals surface area contributed by atoms with Crippen molar-refractivity contribution in [2.45, 2.75) is 11.3 Å². The molecule has 7 heteroatoms. The fourth-order valence-electron chi connectivity index (χ4n) is 1.84. The Balaban J connectivity index is 2.37. The first kappa shape index (κ1) is 14.0. The topological polar surface area (TPSA) is 54.5 Å². The number of amides is 1. The zero-order chi connectivity index (χ0) is 14.0. The summed E-state index contributed by atoms with van der Waals surface area (Å²) in [6.07, 6.45) is 4.51. The Kier molecular flexibility index (Phi) is 3.91. The number of benzene rings is 1. The Morgan fingerprint density at radius 1 is 1.26 bits per heavy atom. The van der Waals surface area contributed by atoms with Crippen LogP contribution in [-0.4, -0.2) is 32.3 Å². The van der Waals surface area contributed by atoms with Gasteiger partial charge in [0.05, 0.1) is 4.90 Å². The van der Waals surface area contributed by atoms with Gasteiger partial charge in [-0.05, 0) is 24.6 Å². The van der Waals surface area contributed by atoms with Gasteiger partial charge in [-0.25, -0.2) is 12.8 Å². The Morgan fingerprint density at radius 3 is 2.58 bits per heavy atom. The Labute approximate surface area is 114 Å². The lowest BCUT2D eigenvalue weighted by molar-refractivity contribution is 0.0770. The minimum Gasteiger partial charge on any atom is -0.335 e. The van der Waals surface area contributed by atoms with Crippen LogP contribution in [0.5, 0.6) is 0 Å². The van der Waals surface area contributed by atoms with E-state index in [0.717, 1.165) is 24.6 Å². The number of hydrogen-bond acceptors (Lipinski definition) is 3. The summed E-state index contributed by atoms with van der Waals surface area (Å²) in [5.41, 5.74) is -0.0190. The van der Waals surface area contributed by atoms with E-state index in [4.69, 9.17) is 10.7 Å². The van der Waals surface area contributed by atoms with E-state index in [2.05, 4.69) is 0 Å². The van der Waals surface area contributed by atoms with Gasteiger partial charge in [0.1, 0.15) is 5.82 Å². The molecule has 0 aliphatic carbocycles. The maximum absolute atomic E-state index is 13.4. The largest absolute Gasteiger partial charge is 0.335 e. The monoisotopic (exact) mass is 303 g/mol. The molecule has 1 aliphatic rings. The number of hydrogen-bond donors (Lipinski definition) is 0. The van der Waals surface area contributed by atoms with Gasteiger partial charge in [-0.2, -0.15) is 0 Å². The first-order chi connectivity index (χ1) is 8.88. The van der Waals surface area contributed by atoms with Crippen LogP contribution in [0.1, 0.15) is 16.8 Å². The van der Waals surface area contributed by atoms with Crippen molar-refractivity contribution >= 4 is 25.6 Å². The summed E-state index contributed by atoms with van der Waals surface area (Å²) < 4.78 is 35.8. The van der Waals surface area contributed by atoms with Gasteiger partial charge in [0, 0.05) is 29.3 Å². The van der Waals surface area contributed by atoms with Crippen LogP contribution in [0, 0.1) is 5.82 Å². The van der Waals surface area contributed by atoms with Crippen LogP contribution in [0.15, 0.2) is 35.2 Å². The van der Waals surface area contributed by atoms with Gasteiger partial charge in [-0.3, -0.25) is 4.79 Å². The molecule has 0 unspecified atom stereocenters. The molecule has 4 nitrogen and oxygen atoms in total. The summed E-state index contributed by atoms with van der Waals surface area (Å²) in [5.74, 6) is -1.22. The smallest absolute Gasteiger partial charge is 0.261 e. The molecule has 1 aromatic rings. The van der Waals surface area contributed by atoms with Crippen molar-refractivity contribution in [3.63, 3.8) is 0 Å². The van der Waals surface area contributed by atoms with Crippen molar-refractivity contribution in [3.05, 3.63) is 41.7 Å². The number of halogens is 2. The minimum atomic E-state index is -4.06. The molecule has 1 heterocycles. The third kappa shape index (κ3) is 3.33. The van der Waals surface area contributed by atoms with Crippen molar-refractivity contribution in [2.24, 2.45) is 0 Å². The maximum atomic E-state index is 13.4. The van der Waals surface area contributed by atoms with Gasteiger partial charge in [0.25, 0.3) is 15.0 Å². The van der Waals surface area contributed by atoms with E-state index < -0.39 is 25.7 Å². The second-order valence-corrected chi connectivity index (χ2v) is 6.69. The zero-order valence-electron chi connectivity index (χ0n) is 9.84. The lowest BCUT2D eigenvalue weighted by Crippen LogP contribution is -2.33. The molecule has 1 aliphatic heterocycles. The predicted molar refractivity (Wildman–Crippen MR) is 69.1 cm³/mol. The van der Waals surface area contributed by atoms with Crippen LogP contribution in [0.4, 0.5) is 4.39 Å². The first-order valence-electron chi connectivity index (χ1n) is 5.57. The molecule has 0 saturated heterocycles. The molecule has 102 valence electrons. The summed E-state index contributed by atoms with van der Waals surface area (Å²) in [4.78, 5) is 13.2. The molecule has 0 saturated carbocycles. The minimum absolute atomic E-state index is 0.0190. The van der Waals surface area contributed by atoms with Crippen LogP contribution < -0.4 is 0 Å². The molecule has 1 amide bonds. The fourth-order valence-corrected chi connectivity index (χ4v) is 2.62. The molecule has 0 bridgehead atoms. The number of carbonyl (C=O) groups is 1. The normalized spacial score (nSPS) is 15.6. The summed E-state index contributed by atoms with van der Waals surface area (Å²) in [6, 6.07) is 2.88. The maximum Gasteiger partial charge on any atom is 0.261 e. The molecular formula is C12H11ClFNO3S. The highest BCUT2D eigenvalue weighted by Gasteiger charge is 2.20. The van der Waals surface area contributed by atoms with E-state index in [1.165, 1.54) is 4.90 Å². The second-order valence-electron chi connectivity index (χ2n) is 4.12. The quantitative estimate of drug-likeness (QED) is 0.621. The van der Waals surface area contributed by atoms with E-state index in [-0.39, 0.29) is 5.56 Å². The van der Waals surface area contributed by atoms with Crippen molar-refractivity contribution < 1.29 is 17.6 Å². The molecule has 0 aromatic heterocycles. The van der Waals surface area contributed by atoms with E-state index in [1.807, 2.05) is 12.2 Å². The van der Waals surface area contributed by atoms with Crippen LogP contribution >= 0.6 is 10.7 Å². The van der Waals surface area contributed by atoms with E-state index in [9.17, 15) is 17.6 Å². The van der Waals surface area contributed by atoms with Crippen LogP contribution in [0.2, 0.25) is 0 Å². The van der Waals surface area contributed by atoms with E-state index >= 15 is 0 Å². The molecule has 0 radical (unpaired) electrons. The molecule has 0 fully saturated rings. The van der Waals surface area contributed by atoms with Gasteiger partial charge >= 0.3 is 0 Å². The average Bonchev–Trinajstić information content (AvgIpc) is 2.37. The lowest BCUT2D eigenvalue weighted by atomic mass is 10.1. The number of carbonyl (C=O) groups excluding carboxylic acids is 1. The fraction of sp³-hybridized carbons (Fsp3) is 0.250. The highest BCUT2D eigenvalue weighted by Crippen LogP contribution is 2.20. The van der Waals surface area contributed by atoms with E-state index in [1.54, 1.807) is 0 Å². The number of rotatable bonds is 2. The third-order valence-electron chi connectivity index (χ3n) is 2.75. The third-order valence-corrected chi connectivity index (χ3v) is 4.08. The highest BCUT2D eigenvalue weighted by molar-refractivity contribution is 8.13. The van der Waals surface area contributed by atoms with Gasteiger partial charge in [-0.1, -0.05) is 12.2 Å². The SMILES string of the molecule is O=C(c1cc(F)cc(S(=O)(=O)Cl)c1)N1CC=CCC1. The lowest BCUT2D eigenvalue weighted by Gasteiger charge is -2.23. The van der Waals surface area contributed by atoms with Crippen LogP contribution in [0.3, 0.4) is 0 Å². The van der Waals surface area contributed by atoms with Crippen molar-refractivity contribution in [1.29, 1.82) is 0 Å². The molecule has 0 N–H and O–H groups in total. The van der Waals surface area contributed by atoms with Gasteiger partial charge in [-0.15, -0.1) is 0 Å². The summed E-state index contributed by atoms with van der Waals surface area (Å²) in [6.45, 7) is 0.951. The van der Waals surface area contributed by atoms with Crippen molar-refractivity contribution in [2.75, 3.05) is 13.1 Å². The van der Waals surface area contributed by atoms with Crippen LogP contribution in [-0.2, 0) is 9.05 Å². The molecule has 0 atom stereocenters. The first-order valence-corrected chi connectivity index (χ1v) is 7.88. The van der Waals surface area contributed by atoms with Crippen molar-refractivity contribution in [3.8, 4) is 0 Å². The summed E-state index contributed by atoms with van der Waals surface area (Å²) in [7, 11) is 1.10. The average molecular weight is 304 g/mol. The molecular weight excluding hydrogens is 293 g/mol. The summed E-state index contributed by atoms with van der Waals surface area (Å²) in [5, 5.41) is 0. The van der Waals surface area contributed by atoms with Crippen LogP contribution in [0.25, 0.3) is 0 Å². The Morgan fingerprint density at radius 2 is 2.00 bits per heavy atom. The van der Waals surface area contributed by atoms with Gasteiger partial charge in [0.2, 0.25) is 0 Å². The molecule has 2 rings (SSSR count). The second kappa shape index (κ2) is 5.30. The highest BCUT2D eigenvalue weighted by atomic mass is 35.7. The van der Waals surface area contributed by atoms with E-state index in [0.29, 0.717) is 13.1 Å². The standard InChI is InChI=1S/C12H11ClFNO3S/c13-19(17,18)11-7-9(6-10(14)8-11)12(16)15-4-2-1-3-5-15/h1-2,6-8H,3-5H2. The van der Waals surface area contributed by atoms with Gasteiger partial charge < -0.3 is 4.90 Å². The molecule has 1 aromatic carbocycles. The van der Waals surface area contributed by atoms with Gasteiger partial charge in [0.15, 0.2) is 0 Å². The number of nitrogens with zero attached hydrogens (tertiary/aromatic N) is 1. The van der Waals surface area contributed by atoms with Crippen molar-refractivity contribution in [1.82, 2.24) is 4.90 Å². The Hall–Kier alpha value is -1.40.